The van der Waals surface area contributed by atoms with E-state index in [0.717, 1.165) is 19.3 Å². The predicted molar refractivity (Wildman–Crippen MR) is 77.9 cm³/mol. The first kappa shape index (κ1) is 13.5. The van der Waals surface area contributed by atoms with Gasteiger partial charge in [0.15, 0.2) is 0 Å². The molecule has 0 amide bonds. The maximum Gasteiger partial charge on any atom is -0.0132 e. The van der Waals surface area contributed by atoms with Crippen LogP contribution < -0.4 is 0 Å². The summed E-state index contributed by atoms with van der Waals surface area (Å²) in [5.41, 5.74) is 2.74. The predicted octanol–water partition coefficient (Wildman–Crippen LogP) is 5.39. The minimum Gasteiger partial charge on any atom is -0.0848 e. The van der Waals surface area contributed by atoms with Gasteiger partial charge in [0.1, 0.15) is 0 Å². The number of hydrogen-bond donors (Lipinski definition) is 0. The first-order valence-corrected chi connectivity index (χ1v) is 6.43. The third kappa shape index (κ3) is 5.91. The van der Waals surface area contributed by atoms with Gasteiger partial charge in [0.2, 0.25) is 0 Å². The number of benzene rings is 1. The van der Waals surface area contributed by atoms with Crippen LogP contribution in [-0.2, 0) is 0 Å². The van der Waals surface area contributed by atoms with Gasteiger partial charge >= 0.3 is 0 Å². The van der Waals surface area contributed by atoms with Crippen LogP contribution in [0.15, 0.2) is 60.2 Å². The Morgan fingerprint density at radius 3 is 2.47 bits per heavy atom. The van der Waals surface area contributed by atoms with Crippen molar-refractivity contribution in [3.8, 4) is 0 Å². The molecule has 0 spiro atoms. The van der Waals surface area contributed by atoms with E-state index in [4.69, 9.17) is 0 Å². The molecule has 0 nitrogen and oxygen atoms in total. The molecule has 1 rings (SSSR count). The zero-order valence-electron chi connectivity index (χ0n) is 10.9. The van der Waals surface area contributed by atoms with Gasteiger partial charge in [-0.05, 0) is 24.8 Å². The normalized spacial score (nSPS) is 12.7. The van der Waals surface area contributed by atoms with Crippen LogP contribution in [-0.4, -0.2) is 0 Å². The summed E-state index contributed by atoms with van der Waals surface area (Å²) in [6.07, 6.45) is 14.3. The quantitative estimate of drug-likeness (QED) is 0.570. The third-order valence-corrected chi connectivity index (χ3v) is 2.65. The van der Waals surface area contributed by atoms with Crippen LogP contribution in [0.5, 0.6) is 0 Å². The van der Waals surface area contributed by atoms with E-state index in [9.17, 15) is 0 Å². The van der Waals surface area contributed by atoms with Gasteiger partial charge in [-0.1, -0.05) is 80.1 Å². The van der Waals surface area contributed by atoms with Crippen LogP contribution in [0, 0.1) is 0 Å². The van der Waals surface area contributed by atoms with E-state index in [1.165, 1.54) is 11.1 Å². The molecule has 0 aromatic heterocycles. The van der Waals surface area contributed by atoms with Crippen molar-refractivity contribution >= 4 is 6.08 Å². The molecule has 0 bridgehead atoms. The van der Waals surface area contributed by atoms with Crippen LogP contribution in [0.2, 0.25) is 0 Å². The largest absolute Gasteiger partial charge is 0.0848 e. The number of rotatable bonds is 6. The highest BCUT2D eigenvalue weighted by Crippen LogP contribution is 2.10. The van der Waals surface area contributed by atoms with Crippen molar-refractivity contribution < 1.29 is 0 Å². The summed E-state index contributed by atoms with van der Waals surface area (Å²) < 4.78 is 0. The molecule has 0 fully saturated rings. The van der Waals surface area contributed by atoms with Crippen LogP contribution in [0.3, 0.4) is 0 Å². The van der Waals surface area contributed by atoms with Gasteiger partial charge in [-0.15, -0.1) is 0 Å². The lowest BCUT2D eigenvalue weighted by Crippen LogP contribution is -1.77. The fourth-order valence-corrected chi connectivity index (χ4v) is 1.58. The Hall–Kier alpha value is -1.56. The summed E-state index contributed by atoms with van der Waals surface area (Å²) in [4.78, 5) is 0. The molecular formula is C17H22. The zero-order valence-corrected chi connectivity index (χ0v) is 10.9. The molecule has 0 unspecified atom stereocenters. The van der Waals surface area contributed by atoms with Crippen molar-refractivity contribution in [2.24, 2.45) is 0 Å². The Bertz CT molecular complexity index is 380. The molecule has 1 aromatic carbocycles. The minimum absolute atomic E-state index is 1.04. The lowest BCUT2D eigenvalue weighted by atomic mass is 10.1. The van der Waals surface area contributed by atoms with E-state index in [1.54, 1.807) is 0 Å². The van der Waals surface area contributed by atoms with Crippen molar-refractivity contribution in [2.75, 3.05) is 0 Å². The van der Waals surface area contributed by atoms with Gasteiger partial charge in [-0.25, -0.2) is 0 Å². The minimum atomic E-state index is 1.04. The van der Waals surface area contributed by atoms with Gasteiger partial charge in [0, 0.05) is 0 Å². The summed E-state index contributed by atoms with van der Waals surface area (Å²) in [6.45, 7) is 4.37. The van der Waals surface area contributed by atoms with Crippen LogP contribution in [0.4, 0.5) is 0 Å². The fourth-order valence-electron chi connectivity index (χ4n) is 1.58. The van der Waals surface area contributed by atoms with E-state index >= 15 is 0 Å². The second-order valence-corrected chi connectivity index (χ2v) is 4.03. The average Bonchev–Trinajstić information content (AvgIpc) is 2.38. The van der Waals surface area contributed by atoms with Gasteiger partial charge in [0.05, 0.1) is 0 Å². The molecule has 0 atom stereocenters. The lowest BCUT2D eigenvalue weighted by molar-refractivity contribution is 1.03. The van der Waals surface area contributed by atoms with Crippen molar-refractivity contribution in [3.05, 3.63) is 65.8 Å². The maximum atomic E-state index is 2.24. The molecule has 0 saturated heterocycles. The number of allylic oxidation sites excluding steroid dienone is 5. The molecular weight excluding hydrogens is 204 g/mol. The molecule has 0 aliphatic carbocycles. The molecule has 0 radical (unpaired) electrons. The highest BCUT2D eigenvalue weighted by molar-refractivity contribution is 5.49. The van der Waals surface area contributed by atoms with E-state index in [2.05, 4.69) is 68.5 Å². The summed E-state index contributed by atoms with van der Waals surface area (Å²) in [5, 5.41) is 0. The lowest BCUT2D eigenvalue weighted by Gasteiger charge is -1.98. The Morgan fingerprint density at radius 2 is 1.82 bits per heavy atom. The van der Waals surface area contributed by atoms with Crippen molar-refractivity contribution in [2.45, 2.75) is 33.1 Å². The highest BCUT2D eigenvalue weighted by Gasteiger charge is 1.89. The molecule has 0 N–H and O–H groups in total. The molecule has 0 saturated carbocycles. The zero-order chi connectivity index (χ0) is 12.3. The van der Waals surface area contributed by atoms with Crippen molar-refractivity contribution in [1.29, 1.82) is 0 Å². The van der Waals surface area contributed by atoms with Crippen LogP contribution >= 0.6 is 0 Å². The Balaban J connectivity index is 2.50. The van der Waals surface area contributed by atoms with E-state index in [0.29, 0.717) is 0 Å². The highest BCUT2D eigenvalue weighted by atomic mass is 14.0. The topological polar surface area (TPSA) is 0 Å². The van der Waals surface area contributed by atoms with Gasteiger partial charge in [0.25, 0.3) is 0 Å². The summed E-state index contributed by atoms with van der Waals surface area (Å²) in [5.74, 6) is 0. The number of hydrogen-bond acceptors (Lipinski definition) is 0. The molecule has 90 valence electrons. The molecule has 0 aliphatic rings. The monoisotopic (exact) mass is 226 g/mol. The van der Waals surface area contributed by atoms with E-state index in [1.807, 2.05) is 6.07 Å². The second-order valence-electron chi connectivity index (χ2n) is 4.03. The van der Waals surface area contributed by atoms with Crippen molar-refractivity contribution in [3.63, 3.8) is 0 Å². The SMILES string of the molecule is CC/C=C\C=C(/CC)C/C=C/c1ccccc1. The molecule has 17 heavy (non-hydrogen) atoms. The Morgan fingerprint density at radius 1 is 1.06 bits per heavy atom. The van der Waals surface area contributed by atoms with Gasteiger partial charge in [-0.2, -0.15) is 0 Å². The average molecular weight is 226 g/mol. The maximum absolute atomic E-state index is 2.24. The summed E-state index contributed by atoms with van der Waals surface area (Å²) in [6, 6.07) is 10.4. The first-order valence-electron chi connectivity index (χ1n) is 6.43. The van der Waals surface area contributed by atoms with E-state index in [-0.39, 0.29) is 0 Å². The summed E-state index contributed by atoms with van der Waals surface area (Å²) in [7, 11) is 0. The smallest absolute Gasteiger partial charge is 0.0132 e. The van der Waals surface area contributed by atoms with Gasteiger partial charge in [-0.3, -0.25) is 0 Å². The molecule has 0 heteroatoms. The summed E-state index contributed by atoms with van der Waals surface area (Å²) >= 11 is 0. The molecule has 0 aliphatic heterocycles. The Kier molecular flexibility index (Phi) is 6.81. The third-order valence-electron chi connectivity index (χ3n) is 2.65. The molecule has 1 aromatic rings. The van der Waals surface area contributed by atoms with Gasteiger partial charge < -0.3 is 0 Å². The standard InChI is InChI=1S/C17H22/c1-3-5-7-11-16(4-2)14-10-15-17-12-8-6-9-13-17/h5-13,15H,3-4,14H2,1-2H3/b7-5-,15-10+,16-11+. The van der Waals surface area contributed by atoms with E-state index < -0.39 is 0 Å². The van der Waals surface area contributed by atoms with Crippen LogP contribution in [0.1, 0.15) is 38.7 Å². The molecule has 0 heterocycles. The van der Waals surface area contributed by atoms with Crippen LogP contribution in [0.25, 0.3) is 6.08 Å². The second kappa shape index (κ2) is 8.58. The van der Waals surface area contributed by atoms with Crippen molar-refractivity contribution in [1.82, 2.24) is 0 Å². The first-order chi connectivity index (χ1) is 8.36. The Labute approximate surface area is 105 Å². The fraction of sp³-hybridized carbons (Fsp3) is 0.294.